The van der Waals surface area contributed by atoms with E-state index in [0.717, 1.165) is 0 Å². The van der Waals surface area contributed by atoms with Gasteiger partial charge >= 0.3 is 0 Å². The number of nitrogens with zero attached hydrogens (tertiary/aromatic N) is 2. The minimum atomic E-state index is 0.461. The Bertz CT molecular complexity index is 315. The molecule has 0 aliphatic heterocycles. The van der Waals surface area contributed by atoms with E-state index in [0.29, 0.717) is 16.3 Å². The highest BCUT2D eigenvalue weighted by molar-refractivity contribution is 6.33. The van der Waals surface area contributed by atoms with Crippen molar-refractivity contribution in [3.63, 3.8) is 0 Å². The van der Waals surface area contributed by atoms with Gasteiger partial charge in [-0.25, -0.2) is 0 Å². The van der Waals surface area contributed by atoms with Gasteiger partial charge in [-0.1, -0.05) is 11.6 Å². The summed E-state index contributed by atoms with van der Waals surface area (Å²) in [5.74, 6) is 0. The third-order valence-corrected chi connectivity index (χ3v) is 1.56. The number of nitrogen functional groups attached to an aromatic ring is 1. The third-order valence-electron chi connectivity index (χ3n) is 1.23. The van der Waals surface area contributed by atoms with Crippen molar-refractivity contribution in [1.82, 2.24) is 0 Å². The molecule has 4 heteroatoms. The lowest BCUT2D eigenvalue weighted by Gasteiger charge is -1.94. The van der Waals surface area contributed by atoms with E-state index in [9.17, 15) is 0 Å². The van der Waals surface area contributed by atoms with Crippen LogP contribution < -0.4 is 5.73 Å². The Morgan fingerprint density at radius 3 is 2.82 bits per heavy atom. The Morgan fingerprint density at radius 2 is 2.27 bits per heavy atom. The zero-order valence-corrected chi connectivity index (χ0v) is 6.42. The van der Waals surface area contributed by atoms with Gasteiger partial charge in [0.05, 0.1) is 16.3 Å². The summed E-state index contributed by atoms with van der Waals surface area (Å²) in [7, 11) is 0. The van der Waals surface area contributed by atoms with E-state index in [-0.39, 0.29) is 0 Å². The Kier molecular flexibility index (Phi) is 2.26. The summed E-state index contributed by atoms with van der Waals surface area (Å²) in [6.45, 7) is 0. The second-order valence-corrected chi connectivity index (χ2v) is 2.43. The van der Waals surface area contributed by atoms with Crippen LogP contribution in [-0.2, 0) is 0 Å². The van der Waals surface area contributed by atoms with Crippen LogP contribution in [0.1, 0.15) is 5.56 Å². The maximum Gasteiger partial charge on any atom is 0.287 e. The van der Waals surface area contributed by atoms with Gasteiger partial charge in [0.1, 0.15) is 0 Å². The van der Waals surface area contributed by atoms with Crippen LogP contribution in [0.15, 0.2) is 18.2 Å². The minimum absolute atomic E-state index is 0.461. The molecule has 0 spiro atoms. The smallest absolute Gasteiger partial charge is 0.287 e. The van der Waals surface area contributed by atoms with Gasteiger partial charge in [0.15, 0.2) is 0 Å². The second kappa shape index (κ2) is 3.19. The summed E-state index contributed by atoms with van der Waals surface area (Å²) in [6, 6.07) is 4.98. The largest absolute Gasteiger partial charge is 0.398 e. The molecule has 0 aliphatic rings. The molecular weight excluding hydrogens is 162 g/mol. The standard InChI is InChI=1S/C7H6ClN3/c8-6-3-5(4-11-10)1-2-7(6)9/h1-4H,9H2. The topological polar surface area (TPSA) is 62.4 Å². The molecule has 1 aromatic carbocycles. The van der Waals surface area contributed by atoms with Crippen molar-refractivity contribution in [2.45, 2.75) is 0 Å². The van der Waals surface area contributed by atoms with Gasteiger partial charge in [0.2, 0.25) is 0 Å². The van der Waals surface area contributed by atoms with Crippen LogP contribution in [0.2, 0.25) is 5.02 Å². The summed E-state index contributed by atoms with van der Waals surface area (Å²) in [4.78, 5) is 2.85. The van der Waals surface area contributed by atoms with Crippen LogP contribution in [0.4, 0.5) is 5.69 Å². The molecule has 0 heterocycles. The van der Waals surface area contributed by atoms with Gasteiger partial charge in [-0.15, -0.1) is 0 Å². The zero-order valence-electron chi connectivity index (χ0n) is 5.66. The highest BCUT2D eigenvalue weighted by atomic mass is 35.5. The molecule has 0 aliphatic carbocycles. The fraction of sp³-hybridized carbons (Fsp3) is 0. The van der Waals surface area contributed by atoms with Crippen LogP contribution in [0.25, 0.3) is 5.53 Å². The molecule has 0 radical (unpaired) electrons. The number of benzene rings is 1. The fourth-order valence-electron chi connectivity index (χ4n) is 0.690. The SMILES string of the molecule is [N-]=[N+]=Cc1ccc(N)c(Cl)c1. The Morgan fingerprint density at radius 1 is 1.55 bits per heavy atom. The normalized spacial score (nSPS) is 8.82. The molecule has 0 bridgehead atoms. The van der Waals surface area contributed by atoms with Gasteiger partial charge < -0.3 is 11.3 Å². The fourth-order valence-corrected chi connectivity index (χ4v) is 0.879. The van der Waals surface area contributed by atoms with Crippen molar-refractivity contribution in [2.75, 3.05) is 5.73 Å². The lowest BCUT2D eigenvalue weighted by Crippen LogP contribution is -1.88. The number of nitrogens with two attached hydrogens (primary N) is 1. The van der Waals surface area contributed by atoms with Crippen LogP contribution in [0.3, 0.4) is 0 Å². The number of anilines is 1. The number of rotatable bonds is 1. The van der Waals surface area contributed by atoms with E-state index in [2.05, 4.69) is 4.79 Å². The average molecular weight is 168 g/mol. The zero-order chi connectivity index (χ0) is 8.27. The molecular formula is C7H6ClN3. The van der Waals surface area contributed by atoms with Gasteiger partial charge in [-0.05, 0) is 18.2 Å². The predicted octanol–water partition coefficient (Wildman–Crippen LogP) is 1.57. The van der Waals surface area contributed by atoms with Crippen LogP contribution in [-0.4, -0.2) is 11.0 Å². The third kappa shape index (κ3) is 1.80. The Hall–Kier alpha value is -1.31. The van der Waals surface area contributed by atoms with Crippen molar-refractivity contribution in [3.8, 4) is 0 Å². The second-order valence-electron chi connectivity index (χ2n) is 2.03. The number of halogens is 1. The highest BCUT2D eigenvalue weighted by Crippen LogP contribution is 2.18. The van der Waals surface area contributed by atoms with Crippen molar-refractivity contribution >= 4 is 23.5 Å². The summed E-state index contributed by atoms with van der Waals surface area (Å²) in [6.07, 6.45) is 1.28. The molecule has 0 aromatic heterocycles. The van der Waals surface area contributed by atoms with Gasteiger partial charge in [0.25, 0.3) is 6.21 Å². The molecule has 56 valence electrons. The molecule has 0 atom stereocenters. The van der Waals surface area contributed by atoms with Crippen molar-refractivity contribution in [2.24, 2.45) is 0 Å². The monoisotopic (exact) mass is 167 g/mol. The van der Waals surface area contributed by atoms with Crippen molar-refractivity contribution in [3.05, 3.63) is 34.3 Å². The Labute approximate surface area is 69.0 Å². The predicted molar refractivity (Wildman–Crippen MR) is 44.6 cm³/mol. The number of hydrogen-bond donors (Lipinski definition) is 1. The van der Waals surface area contributed by atoms with Crippen molar-refractivity contribution in [1.29, 1.82) is 0 Å². The van der Waals surface area contributed by atoms with E-state index in [1.165, 1.54) is 6.21 Å². The summed E-state index contributed by atoms with van der Waals surface area (Å²) in [5.41, 5.74) is 14.9. The Balaban J connectivity index is 3.14. The van der Waals surface area contributed by atoms with Gasteiger partial charge in [0, 0.05) is 0 Å². The molecule has 0 unspecified atom stereocenters. The first-order valence-electron chi connectivity index (χ1n) is 2.96. The first kappa shape index (κ1) is 7.79. The molecule has 0 amide bonds. The van der Waals surface area contributed by atoms with Gasteiger partial charge in [-0.3, -0.25) is 0 Å². The highest BCUT2D eigenvalue weighted by Gasteiger charge is 1.97. The molecule has 0 saturated heterocycles. The maximum atomic E-state index is 8.17. The quantitative estimate of drug-likeness (QED) is 0.294. The van der Waals surface area contributed by atoms with Crippen LogP contribution in [0.5, 0.6) is 0 Å². The van der Waals surface area contributed by atoms with Crippen LogP contribution in [0, 0.1) is 0 Å². The van der Waals surface area contributed by atoms with E-state index in [1.807, 2.05) is 0 Å². The molecule has 1 rings (SSSR count). The summed E-state index contributed by atoms with van der Waals surface area (Å²) < 4.78 is 0. The van der Waals surface area contributed by atoms with Crippen LogP contribution >= 0.6 is 11.6 Å². The molecule has 1 aromatic rings. The molecule has 2 N–H and O–H groups in total. The van der Waals surface area contributed by atoms with E-state index in [4.69, 9.17) is 22.9 Å². The lowest BCUT2D eigenvalue weighted by molar-refractivity contribution is 0.00456. The summed E-state index contributed by atoms with van der Waals surface area (Å²) >= 11 is 5.68. The minimum Gasteiger partial charge on any atom is -0.398 e. The molecule has 11 heavy (non-hydrogen) atoms. The van der Waals surface area contributed by atoms with Crippen molar-refractivity contribution < 1.29 is 4.79 Å². The molecule has 0 fully saturated rings. The van der Waals surface area contributed by atoms with E-state index in [1.54, 1.807) is 18.2 Å². The average Bonchev–Trinajstić information content (AvgIpc) is 1.98. The first-order chi connectivity index (χ1) is 5.24. The number of hydrogen-bond acceptors (Lipinski definition) is 1. The van der Waals surface area contributed by atoms with E-state index < -0.39 is 0 Å². The summed E-state index contributed by atoms with van der Waals surface area (Å²) in [5, 5.41) is 0.461. The first-order valence-corrected chi connectivity index (χ1v) is 3.34. The van der Waals surface area contributed by atoms with E-state index >= 15 is 0 Å². The van der Waals surface area contributed by atoms with Gasteiger partial charge in [-0.2, -0.15) is 4.79 Å². The molecule has 3 nitrogen and oxygen atoms in total. The molecule has 0 saturated carbocycles. The maximum absolute atomic E-state index is 8.17. The lowest BCUT2D eigenvalue weighted by atomic mass is 10.2.